The van der Waals surface area contributed by atoms with Crippen LogP contribution in [0.2, 0.25) is 0 Å². The van der Waals surface area contributed by atoms with E-state index in [1.54, 1.807) is 4.90 Å². The highest BCUT2D eigenvalue weighted by atomic mass is 16.4. The Morgan fingerprint density at radius 1 is 1.35 bits per heavy atom. The van der Waals surface area contributed by atoms with E-state index >= 15 is 0 Å². The van der Waals surface area contributed by atoms with Crippen LogP contribution in [-0.4, -0.2) is 34.9 Å². The predicted molar refractivity (Wildman–Crippen MR) is 80.0 cm³/mol. The molecule has 110 valence electrons. The van der Waals surface area contributed by atoms with Gasteiger partial charge in [0.2, 0.25) is 0 Å². The molecule has 1 aromatic carbocycles. The zero-order valence-electron chi connectivity index (χ0n) is 12.3. The Morgan fingerprint density at radius 2 is 1.95 bits per heavy atom. The van der Waals surface area contributed by atoms with Crippen molar-refractivity contribution in [3.8, 4) is 0 Å². The number of carbonyl (C=O) groups excluding carboxylic acids is 1. The van der Waals surface area contributed by atoms with Crippen molar-refractivity contribution >= 4 is 11.7 Å². The Balaban J connectivity index is 2.80. The van der Waals surface area contributed by atoms with E-state index < -0.39 is 0 Å². The zero-order valence-corrected chi connectivity index (χ0v) is 12.3. The molecule has 5 heteroatoms. The van der Waals surface area contributed by atoms with Crippen molar-refractivity contribution in [1.82, 2.24) is 4.90 Å². The van der Waals surface area contributed by atoms with E-state index in [0.29, 0.717) is 18.7 Å². The van der Waals surface area contributed by atoms with Crippen molar-refractivity contribution in [1.29, 1.82) is 0 Å². The van der Waals surface area contributed by atoms with E-state index in [2.05, 4.69) is 12.1 Å². The smallest absolute Gasteiger partial charge is 0.253 e. The summed E-state index contributed by atoms with van der Waals surface area (Å²) in [5, 5.41) is 11.7. The fraction of sp³-hybridized carbons (Fsp3) is 0.467. The van der Waals surface area contributed by atoms with E-state index in [1.807, 2.05) is 38.1 Å². The summed E-state index contributed by atoms with van der Waals surface area (Å²) in [6, 6.07) is 7.62. The summed E-state index contributed by atoms with van der Waals surface area (Å²) < 4.78 is 0. The van der Waals surface area contributed by atoms with E-state index in [4.69, 9.17) is 10.9 Å². The number of amides is 1. The normalized spacial score (nSPS) is 13.1. The van der Waals surface area contributed by atoms with Crippen LogP contribution in [0.4, 0.5) is 0 Å². The highest BCUT2D eigenvalue weighted by Gasteiger charge is 2.18. The third-order valence-electron chi connectivity index (χ3n) is 3.39. The molecule has 0 saturated carbocycles. The van der Waals surface area contributed by atoms with E-state index in [1.165, 1.54) is 5.56 Å². The Bertz CT molecular complexity index is 469. The Kier molecular flexibility index (Phi) is 6.03. The number of nitrogens with zero attached hydrogens (tertiary/aromatic N) is 2. The van der Waals surface area contributed by atoms with Gasteiger partial charge in [-0.2, -0.15) is 0 Å². The van der Waals surface area contributed by atoms with Gasteiger partial charge in [-0.1, -0.05) is 31.1 Å². The van der Waals surface area contributed by atoms with Crippen LogP contribution in [0.3, 0.4) is 0 Å². The summed E-state index contributed by atoms with van der Waals surface area (Å²) in [5.41, 5.74) is 7.42. The van der Waals surface area contributed by atoms with Gasteiger partial charge >= 0.3 is 0 Å². The van der Waals surface area contributed by atoms with Gasteiger partial charge in [-0.25, -0.2) is 0 Å². The van der Waals surface area contributed by atoms with Gasteiger partial charge in [0, 0.05) is 24.6 Å². The van der Waals surface area contributed by atoms with Gasteiger partial charge in [0.25, 0.3) is 5.91 Å². The molecule has 0 spiro atoms. The van der Waals surface area contributed by atoms with Crippen molar-refractivity contribution in [2.24, 2.45) is 16.8 Å². The Labute approximate surface area is 120 Å². The van der Waals surface area contributed by atoms with E-state index in [9.17, 15) is 4.79 Å². The highest BCUT2D eigenvalue weighted by molar-refractivity contribution is 5.94. The average molecular weight is 277 g/mol. The molecular formula is C15H23N3O2. The molecule has 0 heterocycles. The van der Waals surface area contributed by atoms with Crippen LogP contribution in [-0.2, 0) is 6.42 Å². The number of aryl methyl sites for hydroxylation is 1. The maximum absolute atomic E-state index is 12.4. The van der Waals surface area contributed by atoms with Crippen LogP contribution in [0.5, 0.6) is 0 Å². The summed E-state index contributed by atoms with van der Waals surface area (Å²) in [7, 11) is 0. The SMILES string of the molecule is CCc1ccc(C(=O)N(CC)CC(C)C(N)=NO)cc1. The maximum atomic E-state index is 12.4. The standard InChI is InChI=1S/C15H23N3O2/c1-4-12-6-8-13(9-7-12)15(19)18(5-2)10-11(3)14(16)17-20/h6-9,11,20H,4-5,10H2,1-3H3,(H2,16,17). The number of hydrogen-bond donors (Lipinski definition) is 2. The third kappa shape index (κ3) is 3.98. The van der Waals surface area contributed by atoms with Crippen LogP contribution in [0.15, 0.2) is 29.4 Å². The van der Waals surface area contributed by atoms with Gasteiger partial charge in [0.15, 0.2) is 0 Å². The summed E-state index contributed by atoms with van der Waals surface area (Å²) in [6.07, 6.45) is 0.951. The lowest BCUT2D eigenvalue weighted by atomic mass is 10.1. The Morgan fingerprint density at radius 3 is 2.40 bits per heavy atom. The second-order valence-electron chi connectivity index (χ2n) is 4.82. The molecule has 0 aliphatic heterocycles. The van der Waals surface area contributed by atoms with Crippen LogP contribution in [0.25, 0.3) is 0 Å². The summed E-state index contributed by atoms with van der Waals surface area (Å²) in [6.45, 7) is 6.83. The largest absolute Gasteiger partial charge is 0.409 e. The average Bonchev–Trinajstić information content (AvgIpc) is 2.50. The monoisotopic (exact) mass is 277 g/mol. The minimum absolute atomic E-state index is 0.0345. The molecule has 1 rings (SSSR count). The van der Waals surface area contributed by atoms with E-state index in [-0.39, 0.29) is 17.7 Å². The van der Waals surface area contributed by atoms with Crippen LogP contribution in [0.1, 0.15) is 36.7 Å². The number of oxime groups is 1. The lowest BCUT2D eigenvalue weighted by Gasteiger charge is -2.24. The molecular weight excluding hydrogens is 254 g/mol. The topological polar surface area (TPSA) is 78.9 Å². The lowest BCUT2D eigenvalue weighted by molar-refractivity contribution is 0.0754. The summed E-state index contributed by atoms with van der Waals surface area (Å²) in [4.78, 5) is 14.1. The Hall–Kier alpha value is -2.04. The first-order valence-corrected chi connectivity index (χ1v) is 6.89. The van der Waals surface area contributed by atoms with Crippen molar-refractivity contribution in [3.05, 3.63) is 35.4 Å². The zero-order chi connectivity index (χ0) is 15.1. The molecule has 3 N–H and O–H groups in total. The molecule has 0 bridgehead atoms. The quantitative estimate of drug-likeness (QED) is 0.362. The first kappa shape index (κ1) is 16.0. The first-order valence-electron chi connectivity index (χ1n) is 6.89. The fourth-order valence-electron chi connectivity index (χ4n) is 1.94. The number of nitrogens with two attached hydrogens (primary N) is 1. The van der Waals surface area contributed by atoms with Crippen molar-refractivity contribution in [2.45, 2.75) is 27.2 Å². The number of hydrogen-bond acceptors (Lipinski definition) is 3. The molecule has 0 aromatic heterocycles. The third-order valence-corrected chi connectivity index (χ3v) is 3.39. The predicted octanol–water partition coefficient (Wildman–Crippen LogP) is 2.09. The first-order chi connectivity index (χ1) is 9.53. The van der Waals surface area contributed by atoms with Gasteiger partial charge in [0.05, 0.1) is 0 Å². The van der Waals surface area contributed by atoms with Crippen LogP contribution >= 0.6 is 0 Å². The van der Waals surface area contributed by atoms with Crippen molar-refractivity contribution in [3.63, 3.8) is 0 Å². The molecule has 0 fully saturated rings. The maximum Gasteiger partial charge on any atom is 0.253 e. The molecule has 1 amide bonds. The van der Waals surface area contributed by atoms with Gasteiger partial charge in [0.1, 0.15) is 5.84 Å². The van der Waals surface area contributed by atoms with Crippen LogP contribution in [0, 0.1) is 5.92 Å². The minimum Gasteiger partial charge on any atom is -0.409 e. The lowest BCUT2D eigenvalue weighted by Crippen LogP contribution is -2.38. The number of carbonyl (C=O) groups is 1. The fourth-order valence-corrected chi connectivity index (χ4v) is 1.94. The molecule has 0 aliphatic rings. The summed E-state index contributed by atoms with van der Waals surface area (Å²) in [5.74, 6) is -0.0795. The molecule has 5 nitrogen and oxygen atoms in total. The number of rotatable bonds is 6. The van der Waals surface area contributed by atoms with Crippen LogP contribution < -0.4 is 5.73 Å². The van der Waals surface area contributed by atoms with E-state index in [0.717, 1.165) is 6.42 Å². The number of amidine groups is 1. The van der Waals surface area contributed by atoms with Gasteiger partial charge in [-0.3, -0.25) is 4.79 Å². The second kappa shape index (κ2) is 7.53. The van der Waals surface area contributed by atoms with Crippen molar-refractivity contribution in [2.75, 3.05) is 13.1 Å². The molecule has 0 saturated heterocycles. The minimum atomic E-state index is -0.182. The van der Waals surface area contributed by atoms with Gasteiger partial charge in [-0.15, -0.1) is 0 Å². The highest BCUT2D eigenvalue weighted by Crippen LogP contribution is 2.10. The van der Waals surface area contributed by atoms with Gasteiger partial charge < -0.3 is 15.8 Å². The molecule has 20 heavy (non-hydrogen) atoms. The number of benzene rings is 1. The van der Waals surface area contributed by atoms with Gasteiger partial charge in [-0.05, 0) is 31.0 Å². The molecule has 1 unspecified atom stereocenters. The summed E-state index contributed by atoms with van der Waals surface area (Å²) >= 11 is 0. The molecule has 0 aliphatic carbocycles. The second-order valence-corrected chi connectivity index (χ2v) is 4.82. The molecule has 1 atom stereocenters. The van der Waals surface area contributed by atoms with Crippen molar-refractivity contribution < 1.29 is 10.0 Å². The molecule has 1 aromatic rings. The molecule has 0 radical (unpaired) electrons.